The largest absolute Gasteiger partial charge is 0.459 e. The van der Waals surface area contributed by atoms with Gasteiger partial charge < -0.3 is 59.1 Å². The Morgan fingerprint density at radius 3 is 2.06 bits per heavy atom. The van der Waals surface area contributed by atoms with E-state index in [0.717, 1.165) is 6.42 Å². The Hall–Kier alpha value is -0.970. The summed E-state index contributed by atoms with van der Waals surface area (Å²) in [4.78, 5) is 10.7. The fraction of sp³-hybridized carbons (Fsp3) is 0.944. The van der Waals surface area contributed by atoms with Gasteiger partial charge in [-0.25, -0.2) is 0 Å². The molecule has 182 valence electrons. The summed E-state index contributed by atoms with van der Waals surface area (Å²) in [6.07, 6.45) is -13.8. The number of carbonyl (C=O) groups is 1. The third-order valence-corrected chi connectivity index (χ3v) is 5.01. The lowest BCUT2D eigenvalue weighted by Crippen LogP contribution is -2.65. The fourth-order valence-corrected chi connectivity index (χ4v) is 3.35. The summed E-state index contributed by atoms with van der Waals surface area (Å²) in [5, 5.41) is 60.0. The first-order valence-corrected chi connectivity index (χ1v) is 10.1. The van der Waals surface area contributed by atoms with E-state index in [9.17, 15) is 35.4 Å². The Morgan fingerprint density at radius 1 is 0.806 bits per heavy atom. The molecular weight excluding hydrogens is 424 g/mol. The lowest BCUT2D eigenvalue weighted by molar-refractivity contribution is -0.367. The Morgan fingerprint density at radius 2 is 1.45 bits per heavy atom. The quantitative estimate of drug-likeness (QED) is 0.124. The number of aliphatic hydroxyl groups excluding tert-OH is 6. The number of carbonyl (C=O) groups excluding carboxylic acids is 1. The molecule has 2 rings (SSSR count). The van der Waals surface area contributed by atoms with Gasteiger partial charge in [0.1, 0.15) is 42.7 Å². The third-order valence-electron chi connectivity index (χ3n) is 5.01. The van der Waals surface area contributed by atoms with Crippen LogP contribution in [0.25, 0.3) is 0 Å². The molecule has 0 aromatic rings. The standard InChI is InChI=1S/C18H32O13/c1-2-3-26-4-5-27-18-16(13(24)11(22)9(6-19)30-18)31-17-14(25)15(28-8-21)12(23)10(7-20)29-17/h8-20,22-25H,2-7H2,1H3/t9-,10+,11+,12+,13-,14-,15-,16-,17+,18?/m0/s1. The predicted octanol–water partition coefficient (Wildman–Crippen LogP) is -3.77. The van der Waals surface area contributed by atoms with Crippen molar-refractivity contribution in [1.82, 2.24) is 0 Å². The highest BCUT2D eigenvalue weighted by atomic mass is 16.8. The molecule has 10 atom stereocenters. The SMILES string of the molecule is CCCOCCOC1O[C@@H](CO)[C@@H](O)[C@H](O)[C@@H]1O[C@H]1O[C@H](CO)[C@@H](O)[C@H](OC=O)[C@@H]1O. The smallest absolute Gasteiger partial charge is 0.293 e. The topological polar surface area (TPSA) is 194 Å². The Kier molecular flexibility index (Phi) is 10.9. The van der Waals surface area contributed by atoms with Crippen LogP contribution in [0.1, 0.15) is 13.3 Å². The van der Waals surface area contributed by atoms with Crippen molar-refractivity contribution in [2.45, 2.75) is 74.8 Å². The van der Waals surface area contributed by atoms with Gasteiger partial charge in [-0.05, 0) is 6.42 Å². The molecule has 31 heavy (non-hydrogen) atoms. The van der Waals surface area contributed by atoms with Crippen LogP contribution in [-0.4, -0.2) is 132 Å². The molecular formula is C18H32O13. The average Bonchev–Trinajstić information content (AvgIpc) is 2.77. The van der Waals surface area contributed by atoms with Crippen molar-refractivity contribution in [2.24, 2.45) is 0 Å². The maximum Gasteiger partial charge on any atom is 0.293 e. The van der Waals surface area contributed by atoms with Crippen LogP contribution in [0.5, 0.6) is 0 Å². The van der Waals surface area contributed by atoms with Crippen LogP contribution in [0, 0.1) is 0 Å². The van der Waals surface area contributed by atoms with Crippen LogP contribution >= 0.6 is 0 Å². The van der Waals surface area contributed by atoms with Crippen LogP contribution in [0.15, 0.2) is 0 Å². The van der Waals surface area contributed by atoms with E-state index in [-0.39, 0.29) is 19.7 Å². The first-order valence-electron chi connectivity index (χ1n) is 10.1. The zero-order valence-corrected chi connectivity index (χ0v) is 17.1. The molecule has 2 saturated heterocycles. The minimum absolute atomic E-state index is 0.0182. The molecule has 2 heterocycles. The summed E-state index contributed by atoms with van der Waals surface area (Å²) in [6, 6.07) is 0. The maximum atomic E-state index is 10.7. The lowest BCUT2D eigenvalue weighted by atomic mass is 9.97. The summed E-state index contributed by atoms with van der Waals surface area (Å²) in [5.41, 5.74) is 0. The maximum absolute atomic E-state index is 10.7. The number of ether oxygens (including phenoxy) is 6. The van der Waals surface area contributed by atoms with Gasteiger partial charge in [-0.1, -0.05) is 6.92 Å². The molecule has 2 aliphatic rings. The van der Waals surface area contributed by atoms with Gasteiger partial charge in [-0.2, -0.15) is 0 Å². The van der Waals surface area contributed by atoms with Gasteiger partial charge >= 0.3 is 0 Å². The van der Waals surface area contributed by atoms with E-state index < -0.39 is 74.6 Å². The van der Waals surface area contributed by atoms with Gasteiger partial charge in [0, 0.05) is 6.61 Å². The molecule has 0 bridgehead atoms. The number of hydrogen-bond donors (Lipinski definition) is 6. The highest BCUT2D eigenvalue weighted by Crippen LogP contribution is 2.30. The van der Waals surface area contributed by atoms with Crippen molar-refractivity contribution in [3.8, 4) is 0 Å². The zero-order chi connectivity index (χ0) is 23.0. The molecule has 2 fully saturated rings. The molecule has 0 aromatic carbocycles. The Labute approximate surface area is 179 Å². The first-order chi connectivity index (χ1) is 14.9. The van der Waals surface area contributed by atoms with Crippen molar-refractivity contribution >= 4 is 6.47 Å². The first kappa shape index (κ1) is 26.3. The third kappa shape index (κ3) is 6.52. The second-order valence-corrected chi connectivity index (χ2v) is 7.19. The molecule has 6 N–H and O–H groups in total. The summed E-state index contributed by atoms with van der Waals surface area (Å²) in [7, 11) is 0. The fourth-order valence-electron chi connectivity index (χ4n) is 3.35. The van der Waals surface area contributed by atoms with Crippen LogP contribution in [-0.2, 0) is 33.2 Å². The Bertz CT molecular complexity index is 523. The number of hydrogen-bond acceptors (Lipinski definition) is 13. The van der Waals surface area contributed by atoms with Gasteiger partial charge in [0.05, 0.1) is 26.4 Å². The number of aliphatic hydroxyl groups is 6. The molecule has 2 aliphatic heterocycles. The molecule has 13 heteroatoms. The number of rotatable bonds is 12. The second-order valence-electron chi connectivity index (χ2n) is 7.19. The van der Waals surface area contributed by atoms with Crippen molar-refractivity contribution in [3.63, 3.8) is 0 Å². The highest BCUT2D eigenvalue weighted by Gasteiger charge is 2.51. The lowest BCUT2D eigenvalue weighted by Gasteiger charge is -2.46. The molecule has 0 saturated carbocycles. The normalized spacial score (nSPS) is 41.1. The van der Waals surface area contributed by atoms with Crippen LogP contribution in [0.4, 0.5) is 0 Å². The van der Waals surface area contributed by atoms with E-state index >= 15 is 0 Å². The van der Waals surface area contributed by atoms with E-state index in [4.69, 9.17) is 28.4 Å². The van der Waals surface area contributed by atoms with E-state index in [1.807, 2.05) is 6.92 Å². The predicted molar refractivity (Wildman–Crippen MR) is 98.4 cm³/mol. The van der Waals surface area contributed by atoms with Crippen LogP contribution in [0.2, 0.25) is 0 Å². The molecule has 13 nitrogen and oxygen atoms in total. The van der Waals surface area contributed by atoms with E-state index in [1.165, 1.54) is 0 Å². The van der Waals surface area contributed by atoms with E-state index in [2.05, 4.69) is 0 Å². The van der Waals surface area contributed by atoms with Crippen LogP contribution in [0.3, 0.4) is 0 Å². The van der Waals surface area contributed by atoms with Crippen molar-refractivity contribution in [1.29, 1.82) is 0 Å². The van der Waals surface area contributed by atoms with Crippen molar-refractivity contribution < 1.29 is 63.9 Å². The summed E-state index contributed by atoms with van der Waals surface area (Å²) in [5.74, 6) is 0. The van der Waals surface area contributed by atoms with Crippen molar-refractivity contribution in [2.75, 3.05) is 33.0 Å². The molecule has 0 radical (unpaired) electrons. The van der Waals surface area contributed by atoms with Crippen LogP contribution < -0.4 is 0 Å². The van der Waals surface area contributed by atoms with E-state index in [1.54, 1.807) is 0 Å². The van der Waals surface area contributed by atoms with E-state index in [0.29, 0.717) is 6.61 Å². The average molecular weight is 456 g/mol. The summed E-state index contributed by atoms with van der Waals surface area (Å²) >= 11 is 0. The van der Waals surface area contributed by atoms with Gasteiger partial charge in [-0.15, -0.1) is 0 Å². The zero-order valence-electron chi connectivity index (χ0n) is 17.1. The van der Waals surface area contributed by atoms with Crippen molar-refractivity contribution in [3.05, 3.63) is 0 Å². The molecule has 0 spiro atoms. The monoisotopic (exact) mass is 456 g/mol. The molecule has 0 aliphatic carbocycles. The minimum atomic E-state index is -1.70. The second kappa shape index (κ2) is 12.9. The minimum Gasteiger partial charge on any atom is -0.459 e. The summed E-state index contributed by atoms with van der Waals surface area (Å²) in [6.45, 7) is 1.43. The Balaban J connectivity index is 2.13. The molecule has 1 unspecified atom stereocenters. The highest BCUT2D eigenvalue weighted by molar-refractivity contribution is 5.38. The summed E-state index contributed by atoms with van der Waals surface area (Å²) < 4.78 is 31.9. The molecule has 0 amide bonds. The van der Waals surface area contributed by atoms with Gasteiger partial charge in [0.15, 0.2) is 18.7 Å². The van der Waals surface area contributed by atoms with Gasteiger partial charge in [0.25, 0.3) is 6.47 Å². The molecule has 0 aromatic heterocycles. The van der Waals surface area contributed by atoms with Gasteiger partial charge in [0.2, 0.25) is 0 Å². The van der Waals surface area contributed by atoms with Gasteiger partial charge in [-0.3, -0.25) is 4.79 Å².